The number of hydrogen-bond donors (Lipinski definition) is 0. The molecule has 0 aromatic rings. The number of rotatable bonds is 4. The maximum atomic E-state index is 9.41. The fraction of sp³-hybridized carbons (Fsp3) is 0.714. The average Bonchev–Trinajstić information content (AvgIpc) is 2.26. The van der Waals surface area contributed by atoms with Crippen molar-refractivity contribution in [2.24, 2.45) is 0 Å². The quantitative estimate of drug-likeness (QED) is 0.464. The van der Waals surface area contributed by atoms with Crippen LogP contribution in [-0.4, -0.2) is 76.3 Å². The molecule has 0 aromatic heterocycles. The van der Waals surface area contributed by atoms with Gasteiger partial charge in [-0.2, -0.15) is 0 Å². The lowest BCUT2D eigenvalue weighted by Gasteiger charge is -2.20. The fourth-order valence-electron chi connectivity index (χ4n) is 0.136. The van der Waals surface area contributed by atoms with Gasteiger partial charge in [0.2, 0.25) is 0 Å². The molecule has 0 rings (SSSR count). The summed E-state index contributed by atoms with van der Waals surface area (Å²) in [6, 6.07) is 0. The Morgan fingerprint density at radius 1 is 0.750 bits per heavy atom. The molecule has 0 unspecified atom stereocenters. The van der Waals surface area contributed by atoms with E-state index in [0.717, 1.165) is 8.97 Å². The predicted molar refractivity (Wildman–Crippen MR) is 76.3 cm³/mol. The smallest absolute Gasteiger partial charge is 0.0751 e. The normalized spacial score (nSPS) is 11.0. The highest BCUT2D eigenvalue weighted by Crippen LogP contribution is 1.84. The Morgan fingerprint density at radius 3 is 0.950 bits per heavy atom. The molecule has 6 heteroatoms. The van der Waals surface area contributed by atoms with Gasteiger partial charge in [0.15, 0.2) is 0 Å². The molecule has 0 atom stereocenters. The van der Waals surface area contributed by atoms with Gasteiger partial charge >= 0.3 is 0 Å². The molecule has 0 bridgehead atoms. The number of carbonyl (C=O) groups excluding carboxylic acids is 2. The van der Waals surface area contributed by atoms with Crippen LogP contribution in [0, 0.1) is 0 Å². The van der Waals surface area contributed by atoms with Gasteiger partial charge < -0.3 is 28.8 Å². The molecule has 0 aromatic carbocycles. The Morgan fingerprint density at radius 2 is 0.900 bits per heavy atom. The molecule has 0 aliphatic rings. The van der Waals surface area contributed by atoms with Gasteiger partial charge in [-0.25, -0.2) is 0 Å². The highest BCUT2D eigenvalue weighted by Gasteiger charge is 1.98. The summed E-state index contributed by atoms with van der Waals surface area (Å²) < 4.78 is 2.14. The lowest BCUT2D eigenvalue weighted by Crippen LogP contribution is -2.33. The van der Waals surface area contributed by atoms with Crippen molar-refractivity contribution in [3.05, 3.63) is 12.2 Å². The molecule has 0 radical (unpaired) electrons. The lowest BCUT2D eigenvalue weighted by molar-refractivity contribution is -0.868. The zero-order valence-corrected chi connectivity index (χ0v) is 14.1. The van der Waals surface area contributed by atoms with Crippen LogP contribution in [0.5, 0.6) is 0 Å². The van der Waals surface area contributed by atoms with E-state index in [-0.39, 0.29) is 0 Å². The molecule has 0 saturated carbocycles. The largest absolute Gasteiger partial charge is 0.545 e. The second kappa shape index (κ2) is 11.4. The first-order valence-electron chi connectivity index (χ1n) is 6.46. The van der Waals surface area contributed by atoms with Crippen molar-refractivity contribution in [2.75, 3.05) is 55.4 Å². The molecule has 0 amide bonds. The van der Waals surface area contributed by atoms with Crippen molar-refractivity contribution in [2.45, 2.75) is 13.8 Å². The van der Waals surface area contributed by atoms with Crippen molar-refractivity contribution < 1.29 is 28.8 Å². The summed E-state index contributed by atoms with van der Waals surface area (Å²) in [4.78, 5) is 18.8. The molecular formula is C14H30N2O4. The van der Waals surface area contributed by atoms with Crippen molar-refractivity contribution in [1.82, 2.24) is 0 Å². The van der Waals surface area contributed by atoms with Crippen LogP contribution in [0.25, 0.3) is 0 Å². The zero-order chi connectivity index (χ0) is 17.0. The first-order valence-corrected chi connectivity index (χ1v) is 6.46. The SMILES string of the molecule is CC[N+](C)(C)C.CC[N+](C)(C)C.O=C([O-])C=CC(=O)[O-]. The van der Waals surface area contributed by atoms with Crippen LogP contribution in [0.2, 0.25) is 0 Å². The lowest BCUT2D eigenvalue weighted by atomic mass is 10.5. The number of carbonyl (C=O) groups is 2. The standard InChI is InChI=1S/2C5H14N.C4H4O4/c2*1-5-6(2,3)4;5-3(6)1-2-4(7)8/h2*5H2,1-4H3;1-2H,(H,5,6)(H,7,8)/q2*+1;/p-2. The van der Waals surface area contributed by atoms with Crippen molar-refractivity contribution >= 4 is 11.9 Å². The van der Waals surface area contributed by atoms with E-state index < -0.39 is 11.9 Å². The Labute approximate surface area is 123 Å². The van der Waals surface area contributed by atoms with Gasteiger partial charge in [-0.1, -0.05) is 0 Å². The number of nitrogens with zero attached hydrogens (tertiary/aromatic N) is 2. The molecule has 0 saturated heterocycles. The number of quaternary nitrogens is 2. The van der Waals surface area contributed by atoms with Crippen molar-refractivity contribution in [3.63, 3.8) is 0 Å². The molecule has 0 N–H and O–H groups in total. The number of aliphatic carboxylic acids is 2. The number of carboxylic acid groups (broad SMARTS) is 2. The van der Waals surface area contributed by atoms with Gasteiger partial charge in [-0.05, 0) is 26.0 Å². The summed E-state index contributed by atoms with van der Waals surface area (Å²) in [5.74, 6) is -3.09. The van der Waals surface area contributed by atoms with E-state index >= 15 is 0 Å². The van der Waals surface area contributed by atoms with Crippen LogP contribution in [-0.2, 0) is 9.59 Å². The van der Waals surface area contributed by atoms with E-state index in [4.69, 9.17) is 0 Å². The minimum absolute atomic E-state index is 0.384. The molecule has 0 heterocycles. The first kappa shape index (κ1) is 23.7. The minimum atomic E-state index is -1.55. The highest BCUT2D eigenvalue weighted by molar-refractivity contribution is 5.87. The summed E-state index contributed by atoms with van der Waals surface area (Å²) >= 11 is 0. The summed E-state index contributed by atoms with van der Waals surface area (Å²) in [5.41, 5.74) is 0. The Bertz CT molecular complexity index is 269. The van der Waals surface area contributed by atoms with Gasteiger partial charge in [-0.15, -0.1) is 0 Å². The zero-order valence-electron chi connectivity index (χ0n) is 14.1. The molecule has 0 aliphatic carbocycles. The van der Waals surface area contributed by atoms with Crippen LogP contribution in [0.3, 0.4) is 0 Å². The Kier molecular flexibility index (Phi) is 13.5. The maximum Gasteiger partial charge on any atom is 0.0751 e. The van der Waals surface area contributed by atoms with Gasteiger partial charge in [0.1, 0.15) is 0 Å². The summed E-state index contributed by atoms with van der Waals surface area (Å²) in [6.07, 6.45) is 0.769. The van der Waals surface area contributed by atoms with Crippen LogP contribution >= 0.6 is 0 Å². The van der Waals surface area contributed by atoms with E-state index in [0.29, 0.717) is 12.2 Å². The first-order chi connectivity index (χ1) is 8.75. The second-order valence-electron chi connectivity index (χ2n) is 6.18. The number of carboxylic acids is 2. The Balaban J connectivity index is -0.000000221. The van der Waals surface area contributed by atoms with Crippen LogP contribution in [0.1, 0.15) is 13.8 Å². The van der Waals surface area contributed by atoms with Crippen LogP contribution in [0.15, 0.2) is 12.2 Å². The molecular weight excluding hydrogens is 260 g/mol. The van der Waals surface area contributed by atoms with Crippen LogP contribution in [0.4, 0.5) is 0 Å². The Hall–Kier alpha value is -1.40. The van der Waals surface area contributed by atoms with E-state index in [1.54, 1.807) is 0 Å². The van der Waals surface area contributed by atoms with E-state index in [1.807, 2.05) is 0 Å². The molecule has 6 nitrogen and oxygen atoms in total. The fourth-order valence-corrected chi connectivity index (χ4v) is 0.136. The summed E-state index contributed by atoms with van der Waals surface area (Å²) in [7, 11) is 13.1. The predicted octanol–water partition coefficient (Wildman–Crippen LogP) is -1.53. The molecule has 20 heavy (non-hydrogen) atoms. The highest BCUT2D eigenvalue weighted by atomic mass is 16.4. The monoisotopic (exact) mass is 290 g/mol. The third kappa shape index (κ3) is 43.8. The third-order valence-electron chi connectivity index (χ3n) is 2.25. The maximum absolute atomic E-state index is 9.41. The van der Waals surface area contributed by atoms with Gasteiger partial charge in [-0.3, -0.25) is 0 Å². The van der Waals surface area contributed by atoms with Crippen molar-refractivity contribution in [1.29, 1.82) is 0 Å². The van der Waals surface area contributed by atoms with Gasteiger partial charge in [0.05, 0.1) is 67.3 Å². The molecule has 120 valence electrons. The molecule has 0 spiro atoms. The summed E-state index contributed by atoms with van der Waals surface area (Å²) in [5, 5.41) is 18.8. The second-order valence-corrected chi connectivity index (χ2v) is 6.18. The number of hydrogen-bond acceptors (Lipinski definition) is 4. The van der Waals surface area contributed by atoms with Gasteiger partial charge in [0, 0.05) is 0 Å². The molecule has 0 aliphatic heterocycles. The van der Waals surface area contributed by atoms with E-state index in [9.17, 15) is 19.8 Å². The third-order valence-corrected chi connectivity index (χ3v) is 2.25. The van der Waals surface area contributed by atoms with Gasteiger partial charge in [0.25, 0.3) is 0 Å². The summed E-state index contributed by atoms with van der Waals surface area (Å²) in [6.45, 7) is 6.78. The van der Waals surface area contributed by atoms with Crippen LogP contribution < -0.4 is 10.2 Å². The van der Waals surface area contributed by atoms with Crippen molar-refractivity contribution in [3.8, 4) is 0 Å². The minimum Gasteiger partial charge on any atom is -0.545 e. The van der Waals surface area contributed by atoms with E-state index in [2.05, 4.69) is 56.1 Å². The molecule has 0 fully saturated rings. The average molecular weight is 290 g/mol. The topological polar surface area (TPSA) is 80.3 Å². The van der Waals surface area contributed by atoms with E-state index in [1.165, 1.54) is 13.1 Å².